The summed E-state index contributed by atoms with van der Waals surface area (Å²) < 4.78 is 11.9. The maximum Gasteiger partial charge on any atom is 0.260 e. The maximum absolute atomic E-state index is 13.6. The fourth-order valence-electron chi connectivity index (χ4n) is 3.73. The van der Waals surface area contributed by atoms with E-state index in [2.05, 4.69) is 12.1 Å². The number of amides is 1. The first kappa shape index (κ1) is 21.0. The van der Waals surface area contributed by atoms with E-state index in [1.807, 2.05) is 72.8 Å². The van der Waals surface area contributed by atoms with Crippen molar-refractivity contribution in [1.82, 2.24) is 4.98 Å². The Labute approximate surface area is 195 Å². The molecule has 33 heavy (non-hydrogen) atoms. The zero-order valence-corrected chi connectivity index (χ0v) is 18.9. The predicted octanol–water partition coefficient (Wildman–Crippen LogP) is 6.34. The van der Waals surface area contributed by atoms with Gasteiger partial charge in [-0.1, -0.05) is 59.9 Å². The molecule has 0 aliphatic heterocycles. The van der Waals surface area contributed by atoms with Crippen LogP contribution in [0.3, 0.4) is 0 Å². The second-order valence-corrected chi connectivity index (χ2v) is 8.64. The van der Waals surface area contributed by atoms with Crippen molar-refractivity contribution in [2.24, 2.45) is 0 Å². The smallest absolute Gasteiger partial charge is 0.260 e. The van der Waals surface area contributed by atoms with Crippen LogP contribution in [0.25, 0.3) is 10.2 Å². The Kier molecular flexibility index (Phi) is 5.91. The molecule has 5 aromatic rings. The van der Waals surface area contributed by atoms with Crippen LogP contribution in [0.5, 0.6) is 5.75 Å². The highest BCUT2D eigenvalue weighted by Gasteiger charge is 2.23. The van der Waals surface area contributed by atoms with E-state index in [0.29, 0.717) is 28.7 Å². The quantitative estimate of drug-likeness (QED) is 0.288. The lowest BCUT2D eigenvalue weighted by Gasteiger charge is -2.19. The number of carbonyl (C=O) groups is 1. The van der Waals surface area contributed by atoms with Crippen LogP contribution in [0.1, 0.15) is 27.2 Å². The van der Waals surface area contributed by atoms with Gasteiger partial charge < -0.3 is 9.15 Å². The van der Waals surface area contributed by atoms with Gasteiger partial charge in [0.25, 0.3) is 5.91 Å². The number of carbonyl (C=O) groups excluding carboxylic acids is 1. The third-order valence-corrected chi connectivity index (χ3v) is 6.46. The lowest BCUT2D eigenvalue weighted by Crippen LogP contribution is -2.30. The number of para-hydroxylation sites is 1. The highest BCUT2D eigenvalue weighted by atomic mass is 32.1. The van der Waals surface area contributed by atoms with Crippen LogP contribution in [-0.2, 0) is 13.0 Å². The van der Waals surface area contributed by atoms with Crippen molar-refractivity contribution < 1.29 is 13.9 Å². The molecule has 2 heterocycles. The molecule has 0 bridgehead atoms. The molecule has 1 amide bonds. The fourth-order valence-corrected chi connectivity index (χ4v) is 4.71. The van der Waals surface area contributed by atoms with Crippen molar-refractivity contribution in [2.45, 2.75) is 13.0 Å². The highest BCUT2D eigenvalue weighted by Crippen LogP contribution is 2.35. The normalized spacial score (nSPS) is 10.9. The van der Waals surface area contributed by atoms with Crippen LogP contribution < -0.4 is 9.64 Å². The topological polar surface area (TPSA) is 55.6 Å². The molecule has 6 heteroatoms. The number of nitrogens with zero attached hydrogens (tertiary/aromatic N) is 2. The van der Waals surface area contributed by atoms with Gasteiger partial charge in [0.15, 0.2) is 5.13 Å². The number of anilines is 1. The second-order valence-electron chi connectivity index (χ2n) is 7.63. The lowest BCUT2D eigenvalue weighted by molar-refractivity contribution is 0.0983. The number of furan rings is 1. The van der Waals surface area contributed by atoms with Gasteiger partial charge in [-0.25, -0.2) is 4.98 Å². The predicted molar refractivity (Wildman–Crippen MR) is 131 cm³/mol. The molecule has 0 spiro atoms. The summed E-state index contributed by atoms with van der Waals surface area (Å²) in [5.74, 6) is 1.25. The second kappa shape index (κ2) is 9.30. The Balaban J connectivity index is 1.46. The van der Waals surface area contributed by atoms with Gasteiger partial charge in [-0.2, -0.15) is 0 Å². The summed E-state index contributed by atoms with van der Waals surface area (Å²) in [6, 6.07) is 27.5. The van der Waals surface area contributed by atoms with Crippen LogP contribution in [0.4, 0.5) is 5.13 Å². The molecule has 0 fully saturated rings. The Hall–Kier alpha value is -3.90. The first-order valence-corrected chi connectivity index (χ1v) is 11.4. The minimum atomic E-state index is -0.129. The SMILES string of the molecule is COc1cccc2sc(N(Cc3ccco3)C(=O)c3ccc(Cc4ccccc4)cc3)nc12. The first-order chi connectivity index (χ1) is 16.2. The summed E-state index contributed by atoms with van der Waals surface area (Å²) in [7, 11) is 1.62. The number of methoxy groups -OCH3 is 1. The van der Waals surface area contributed by atoms with E-state index in [4.69, 9.17) is 14.1 Å². The average Bonchev–Trinajstić information content (AvgIpc) is 3.53. The molecule has 0 radical (unpaired) electrons. The Morgan fingerprint density at radius 3 is 2.45 bits per heavy atom. The molecule has 164 valence electrons. The molecule has 0 saturated carbocycles. The van der Waals surface area contributed by atoms with Crippen molar-refractivity contribution in [2.75, 3.05) is 12.0 Å². The van der Waals surface area contributed by atoms with E-state index in [1.165, 1.54) is 16.9 Å². The van der Waals surface area contributed by atoms with Crippen molar-refractivity contribution in [3.8, 4) is 5.75 Å². The van der Waals surface area contributed by atoms with Gasteiger partial charge in [0.05, 0.1) is 24.6 Å². The zero-order chi connectivity index (χ0) is 22.6. The molecule has 0 atom stereocenters. The highest BCUT2D eigenvalue weighted by molar-refractivity contribution is 7.22. The molecule has 5 rings (SSSR count). The summed E-state index contributed by atoms with van der Waals surface area (Å²) in [6.07, 6.45) is 2.43. The number of rotatable bonds is 7. The number of hydrogen-bond donors (Lipinski definition) is 0. The Bertz CT molecular complexity index is 1360. The summed E-state index contributed by atoms with van der Waals surface area (Å²) in [5, 5.41) is 0.601. The molecule has 3 aromatic carbocycles. The van der Waals surface area contributed by atoms with Gasteiger partial charge in [-0.15, -0.1) is 0 Å². The molecule has 0 aliphatic rings. The minimum absolute atomic E-state index is 0.129. The van der Waals surface area contributed by atoms with Crippen molar-refractivity contribution in [3.05, 3.63) is 114 Å². The van der Waals surface area contributed by atoms with E-state index < -0.39 is 0 Å². The first-order valence-electron chi connectivity index (χ1n) is 10.6. The van der Waals surface area contributed by atoms with Crippen LogP contribution in [0, 0.1) is 0 Å². The summed E-state index contributed by atoms with van der Waals surface area (Å²) >= 11 is 1.46. The van der Waals surface area contributed by atoms with E-state index in [0.717, 1.165) is 22.2 Å². The lowest BCUT2D eigenvalue weighted by atomic mass is 10.0. The van der Waals surface area contributed by atoms with Crippen molar-refractivity contribution in [1.29, 1.82) is 0 Å². The Morgan fingerprint density at radius 1 is 0.939 bits per heavy atom. The number of hydrogen-bond acceptors (Lipinski definition) is 5. The molecule has 5 nitrogen and oxygen atoms in total. The van der Waals surface area contributed by atoms with E-state index in [1.54, 1.807) is 18.3 Å². The average molecular weight is 455 g/mol. The molecule has 2 aromatic heterocycles. The number of thiazole rings is 1. The molecule has 0 aliphatic carbocycles. The van der Waals surface area contributed by atoms with Gasteiger partial charge in [0.2, 0.25) is 0 Å². The molecule has 0 unspecified atom stereocenters. The van der Waals surface area contributed by atoms with Crippen molar-refractivity contribution in [3.63, 3.8) is 0 Å². The van der Waals surface area contributed by atoms with E-state index >= 15 is 0 Å². The number of benzene rings is 3. The van der Waals surface area contributed by atoms with Crippen LogP contribution in [0.2, 0.25) is 0 Å². The molecule has 0 saturated heterocycles. The van der Waals surface area contributed by atoms with Gasteiger partial charge in [-0.3, -0.25) is 9.69 Å². The number of ether oxygens (including phenoxy) is 1. The van der Waals surface area contributed by atoms with E-state index in [9.17, 15) is 4.79 Å². The largest absolute Gasteiger partial charge is 0.494 e. The zero-order valence-electron chi connectivity index (χ0n) is 18.1. The van der Waals surface area contributed by atoms with Gasteiger partial charge in [-0.05, 0) is 53.9 Å². The number of fused-ring (bicyclic) bond motifs is 1. The third kappa shape index (κ3) is 4.52. The fraction of sp³-hybridized carbons (Fsp3) is 0.111. The van der Waals surface area contributed by atoms with Crippen LogP contribution in [-0.4, -0.2) is 18.0 Å². The summed E-state index contributed by atoms with van der Waals surface area (Å²) in [4.78, 5) is 20.0. The monoisotopic (exact) mass is 454 g/mol. The van der Waals surface area contributed by atoms with Crippen LogP contribution in [0.15, 0.2) is 95.6 Å². The van der Waals surface area contributed by atoms with Gasteiger partial charge >= 0.3 is 0 Å². The number of aromatic nitrogens is 1. The molecular weight excluding hydrogens is 432 g/mol. The van der Waals surface area contributed by atoms with E-state index in [-0.39, 0.29) is 5.91 Å². The molecule has 0 N–H and O–H groups in total. The maximum atomic E-state index is 13.6. The summed E-state index contributed by atoms with van der Waals surface area (Å²) in [6.45, 7) is 0.291. The minimum Gasteiger partial charge on any atom is -0.494 e. The third-order valence-electron chi connectivity index (χ3n) is 5.41. The standard InChI is InChI=1S/C27H22N2O3S/c1-31-23-10-5-11-24-25(23)28-27(33-24)29(18-22-9-6-16-32-22)26(30)21-14-12-20(13-15-21)17-19-7-3-2-4-8-19/h2-16H,17-18H2,1H3. The van der Waals surface area contributed by atoms with Gasteiger partial charge in [0.1, 0.15) is 17.0 Å². The van der Waals surface area contributed by atoms with Crippen molar-refractivity contribution >= 4 is 32.6 Å². The van der Waals surface area contributed by atoms with Crippen LogP contribution >= 0.6 is 11.3 Å². The van der Waals surface area contributed by atoms with Gasteiger partial charge in [0, 0.05) is 5.56 Å². The molecular formula is C27H22N2O3S. The summed E-state index contributed by atoms with van der Waals surface area (Å²) in [5.41, 5.74) is 3.74. The Morgan fingerprint density at radius 2 is 1.73 bits per heavy atom.